The van der Waals surface area contributed by atoms with Gasteiger partial charge in [0.1, 0.15) is 11.1 Å². The highest BCUT2D eigenvalue weighted by molar-refractivity contribution is 8.00. The van der Waals surface area contributed by atoms with E-state index in [0.29, 0.717) is 0 Å². The molecule has 0 saturated carbocycles. The van der Waals surface area contributed by atoms with E-state index in [9.17, 15) is 9.18 Å². The predicted octanol–water partition coefficient (Wildman–Crippen LogP) is 4.06. The first-order chi connectivity index (χ1) is 9.06. The molecule has 98 valence electrons. The molecule has 0 aliphatic rings. The molecule has 0 fully saturated rings. The highest BCUT2D eigenvalue weighted by atomic mass is 32.2. The highest BCUT2D eigenvalue weighted by Crippen LogP contribution is 2.27. The van der Waals surface area contributed by atoms with Gasteiger partial charge in [0.05, 0.1) is 0 Å². The monoisotopic (exact) mass is 276 g/mol. The SMILES string of the molecule is CC(Sc1ccc(-c2ccc(F)cc2)cc1)C(=O)O. The van der Waals surface area contributed by atoms with Crippen LogP contribution in [0, 0.1) is 5.82 Å². The van der Waals surface area contributed by atoms with E-state index in [-0.39, 0.29) is 5.82 Å². The molecule has 19 heavy (non-hydrogen) atoms. The molecule has 1 N–H and O–H groups in total. The van der Waals surface area contributed by atoms with Crippen LogP contribution >= 0.6 is 11.8 Å². The zero-order valence-electron chi connectivity index (χ0n) is 10.3. The summed E-state index contributed by atoms with van der Waals surface area (Å²) in [6.07, 6.45) is 0. The maximum atomic E-state index is 12.8. The van der Waals surface area contributed by atoms with Crippen molar-refractivity contribution in [2.75, 3.05) is 0 Å². The summed E-state index contributed by atoms with van der Waals surface area (Å²) in [6.45, 7) is 1.65. The fourth-order valence-electron chi connectivity index (χ4n) is 1.62. The molecule has 0 bridgehead atoms. The van der Waals surface area contributed by atoms with Crippen molar-refractivity contribution in [1.29, 1.82) is 0 Å². The van der Waals surface area contributed by atoms with E-state index in [0.717, 1.165) is 16.0 Å². The average molecular weight is 276 g/mol. The van der Waals surface area contributed by atoms with Crippen LogP contribution < -0.4 is 0 Å². The predicted molar refractivity (Wildman–Crippen MR) is 74.8 cm³/mol. The molecule has 0 saturated heterocycles. The molecule has 2 aromatic rings. The Hall–Kier alpha value is -1.81. The van der Waals surface area contributed by atoms with Crippen LogP contribution in [0.25, 0.3) is 11.1 Å². The highest BCUT2D eigenvalue weighted by Gasteiger charge is 2.12. The summed E-state index contributed by atoms with van der Waals surface area (Å²) in [4.78, 5) is 11.7. The van der Waals surface area contributed by atoms with Gasteiger partial charge < -0.3 is 5.11 Å². The molecule has 2 nitrogen and oxygen atoms in total. The fraction of sp³-hybridized carbons (Fsp3) is 0.133. The molecule has 0 spiro atoms. The van der Waals surface area contributed by atoms with Gasteiger partial charge in [0.2, 0.25) is 0 Å². The summed E-state index contributed by atoms with van der Waals surface area (Å²) in [5, 5.41) is 8.37. The van der Waals surface area contributed by atoms with Crippen LogP contribution in [0.5, 0.6) is 0 Å². The lowest BCUT2D eigenvalue weighted by atomic mass is 10.1. The Balaban J connectivity index is 2.14. The van der Waals surface area contributed by atoms with Crippen LogP contribution in [0.3, 0.4) is 0 Å². The van der Waals surface area contributed by atoms with Crippen molar-refractivity contribution in [3.8, 4) is 11.1 Å². The van der Waals surface area contributed by atoms with Gasteiger partial charge >= 0.3 is 5.97 Å². The maximum absolute atomic E-state index is 12.8. The minimum absolute atomic E-state index is 0.258. The smallest absolute Gasteiger partial charge is 0.316 e. The van der Waals surface area contributed by atoms with Crippen LogP contribution in [0.2, 0.25) is 0 Å². The van der Waals surface area contributed by atoms with Gasteiger partial charge in [-0.2, -0.15) is 0 Å². The second kappa shape index (κ2) is 5.89. The number of halogens is 1. The lowest BCUT2D eigenvalue weighted by Gasteiger charge is -2.07. The molecule has 0 amide bonds. The van der Waals surface area contributed by atoms with Crippen molar-refractivity contribution in [3.63, 3.8) is 0 Å². The van der Waals surface area contributed by atoms with Gasteiger partial charge in [0, 0.05) is 4.90 Å². The van der Waals surface area contributed by atoms with Crippen LogP contribution in [0.15, 0.2) is 53.4 Å². The standard InChI is InChI=1S/C15H13FO2S/c1-10(15(17)18)19-14-8-4-12(5-9-14)11-2-6-13(16)7-3-11/h2-10H,1H3,(H,17,18). The van der Waals surface area contributed by atoms with Crippen LogP contribution in [0.1, 0.15) is 6.92 Å². The third-order valence-electron chi connectivity index (χ3n) is 2.69. The number of carbonyl (C=O) groups is 1. The summed E-state index contributed by atoms with van der Waals surface area (Å²) in [6, 6.07) is 13.9. The van der Waals surface area contributed by atoms with E-state index in [1.165, 1.54) is 23.9 Å². The van der Waals surface area contributed by atoms with Crippen molar-refractivity contribution in [1.82, 2.24) is 0 Å². The largest absolute Gasteiger partial charge is 0.480 e. The zero-order chi connectivity index (χ0) is 13.8. The minimum Gasteiger partial charge on any atom is -0.480 e. The van der Waals surface area contributed by atoms with E-state index in [4.69, 9.17) is 5.11 Å². The second-order valence-electron chi connectivity index (χ2n) is 4.13. The summed E-state index contributed by atoms with van der Waals surface area (Å²) in [5.74, 6) is -1.08. The first-order valence-electron chi connectivity index (χ1n) is 5.82. The summed E-state index contributed by atoms with van der Waals surface area (Å²) >= 11 is 1.30. The summed E-state index contributed by atoms with van der Waals surface area (Å²) in [7, 11) is 0. The Kier molecular flexibility index (Phi) is 4.22. The van der Waals surface area contributed by atoms with E-state index >= 15 is 0 Å². The Labute approximate surface area is 115 Å². The second-order valence-corrected chi connectivity index (χ2v) is 5.54. The molecular formula is C15H13FO2S. The number of aliphatic carboxylic acids is 1. The number of rotatable bonds is 4. The molecular weight excluding hydrogens is 263 g/mol. The summed E-state index contributed by atoms with van der Waals surface area (Å²) < 4.78 is 12.8. The number of hydrogen-bond acceptors (Lipinski definition) is 2. The molecule has 0 aliphatic carbocycles. The Morgan fingerprint density at radius 1 is 1.05 bits per heavy atom. The van der Waals surface area contributed by atoms with Crippen molar-refractivity contribution in [2.45, 2.75) is 17.1 Å². The minimum atomic E-state index is -0.826. The Morgan fingerprint density at radius 2 is 1.53 bits per heavy atom. The average Bonchev–Trinajstić information content (AvgIpc) is 2.40. The lowest BCUT2D eigenvalue weighted by Crippen LogP contribution is -2.10. The number of carboxylic acids is 1. The van der Waals surface area contributed by atoms with Gasteiger partial charge in [-0.1, -0.05) is 24.3 Å². The number of carboxylic acid groups (broad SMARTS) is 1. The molecule has 0 aromatic heterocycles. The maximum Gasteiger partial charge on any atom is 0.316 e. The molecule has 1 unspecified atom stereocenters. The van der Waals surface area contributed by atoms with Gasteiger partial charge in [-0.05, 0) is 42.3 Å². The third kappa shape index (κ3) is 3.58. The number of benzene rings is 2. The first-order valence-corrected chi connectivity index (χ1v) is 6.69. The van der Waals surface area contributed by atoms with Crippen LogP contribution in [-0.4, -0.2) is 16.3 Å². The van der Waals surface area contributed by atoms with Gasteiger partial charge in [-0.3, -0.25) is 4.79 Å². The van der Waals surface area contributed by atoms with Crippen LogP contribution in [0.4, 0.5) is 4.39 Å². The van der Waals surface area contributed by atoms with Gasteiger partial charge in [-0.15, -0.1) is 11.8 Å². The van der Waals surface area contributed by atoms with Crippen molar-refractivity contribution < 1.29 is 14.3 Å². The van der Waals surface area contributed by atoms with Gasteiger partial charge in [0.15, 0.2) is 0 Å². The van der Waals surface area contributed by atoms with Gasteiger partial charge in [0.25, 0.3) is 0 Å². The van der Waals surface area contributed by atoms with Crippen LogP contribution in [-0.2, 0) is 4.79 Å². The van der Waals surface area contributed by atoms with E-state index in [1.807, 2.05) is 24.3 Å². The zero-order valence-corrected chi connectivity index (χ0v) is 11.2. The molecule has 2 aromatic carbocycles. The van der Waals surface area contributed by atoms with E-state index < -0.39 is 11.2 Å². The lowest BCUT2D eigenvalue weighted by molar-refractivity contribution is -0.136. The molecule has 0 heterocycles. The normalized spacial score (nSPS) is 12.1. The fourth-order valence-corrected chi connectivity index (χ4v) is 2.43. The Morgan fingerprint density at radius 3 is 2.00 bits per heavy atom. The number of hydrogen-bond donors (Lipinski definition) is 1. The molecule has 0 radical (unpaired) electrons. The van der Waals surface area contributed by atoms with Crippen molar-refractivity contribution in [2.24, 2.45) is 0 Å². The molecule has 2 rings (SSSR count). The topological polar surface area (TPSA) is 37.3 Å². The molecule has 4 heteroatoms. The molecule has 1 atom stereocenters. The van der Waals surface area contributed by atoms with Crippen molar-refractivity contribution in [3.05, 3.63) is 54.3 Å². The third-order valence-corrected chi connectivity index (χ3v) is 3.79. The van der Waals surface area contributed by atoms with E-state index in [1.54, 1.807) is 19.1 Å². The quantitative estimate of drug-likeness (QED) is 0.856. The number of thioether (sulfide) groups is 1. The summed E-state index contributed by atoms with van der Waals surface area (Å²) in [5.41, 5.74) is 1.91. The van der Waals surface area contributed by atoms with E-state index in [2.05, 4.69) is 0 Å². The Bertz CT molecular complexity index is 564. The first kappa shape index (κ1) is 13.6. The van der Waals surface area contributed by atoms with Crippen molar-refractivity contribution >= 4 is 17.7 Å². The van der Waals surface area contributed by atoms with Gasteiger partial charge in [-0.25, -0.2) is 4.39 Å². The molecule has 0 aliphatic heterocycles.